The number of carbonyl (C=O) groups is 1. The summed E-state index contributed by atoms with van der Waals surface area (Å²) in [5.41, 5.74) is 4.83. The first-order valence-electron chi connectivity index (χ1n) is 16.4. The number of nitrogens with zero attached hydrogens (tertiary/aromatic N) is 5. The third-order valence-electron chi connectivity index (χ3n) is 9.57. The number of anilines is 1. The Kier molecular flexibility index (Phi) is 11.3. The number of alkyl halides is 3. The Morgan fingerprint density at radius 3 is 2.65 bits per heavy atom. The average Bonchev–Trinajstić information content (AvgIpc) is 3.49. The number of carboxylic acid groups (broad SMARTS) is 1. The van der Waals surface area contributed by atoms with Crippen molar-refractivity contribution in [2.45, 2.75) is 63.4 Å². The van der Waals surface area contributed by atoms with Gasteiger partial charge in [-0.2, -0.15) is 18.4 Å². The molecular formula is C35H40ClF3N6O4. The molecule has 6 rings (SSSR count). The van der Waals surface area contributed by atoms with E-state index in [4.69, 9.17) is 31.2 Å². The summed E-state index contributed by atoms with van der Waals surface area (Å²) < 4.78 is 37.7. The zero-order valence-corrected chi connectivity index (χ0v) is 28.1. The SMILES string of the molecule is CCOc1ccccc1-c1ccc2c(n1)CN(C[C@H]1C[C@H](O)CN1)C[C@]21CCN(c2ncc(Cl)cc2C#N)C[C@H]1CC.O=C(O)C(F)(F)F. The van der Waals surface area contributed by atoms with E-state index < -0.39 is 12.1 Å². The predicted molar refractivity (Wildman–Crippen MR) is 178 cm³/mol. The highest BCUT2D eigenvalue weighted by molar-refractivity contribution is 6.30. The summed E-state index contributed by atoms with van der Waals surface area (Å²) in [5.74, 6) is -0.856. The Balaban J connectivity index is 0.000000606. The van der Waals surface area contributed by atoms with Gasteiger partial charge in [-0.15, -0.1) is 0 Å². The number of fused-ring (bicyclic) bond motifs is 2. The number of hydrogen-bond donors (Lipinski definition) is 3. The van der Waals surface area contributed by atoms with Gasteiger partial charge in [0.15, 0.2) is 0 Å². The van der Waals surface area contributed by atoms with Crippen molar-refractivity contribution in [2.75, 3.05) is 44.2 Å². The molecule has 49 heavy (non-hydrogen) atoms. The Bertz CT molecular complexity index is 1690. The molecule has 2 aromatic heterocycles. The lowest BCUT2D eigenvalue weighted by molar-refractivity contribution is -0.192. The molecule has 262 valence electrons. The van der Waals surface area contributed by atoms with Crippen molar-refractivity contribution in [3.8, 4) is 23.1 Å². The van der Waals surface area contributed by atoms with Crippen LogP contribution in [0.4, 0.5) is 19.0 Å². The van der Waals surface area contributed by atoms with Gasteiger partial charge in [0, 0.05) is 62.5 Å². The third-order valence-corrected chi connectivity index (χ3v) is 9.78. The summed E-state index contributed by atoms with van der Waals surface area (Å²) in [5, 5.41) is 31.1. The second-order valence-corrected chi connectivity index (χ2v) is 13.1. The zero-order valence-electron chi connectivity index (χ0n) is 27.4. The van der Waals surface area contributed by atoms with Crippen LogP contribution in [0.1, 0.15) is 49.9 Å². The highest BCUT2D eigenvalue weighted by Gasteiger charge is 2.49. The van der Waals surface area contributed by atoms with Crippen molar-refractivity contribution in [2.24, 2.45) is 5.92 Å². The van der Waals surface area contributed by atoms with E-state index in [0.29, 0.717) is 35.5 Å². The summed E-state index contributed by atoms with van der Waals surface area (Å²) in [4.78, 5) is 23.6. The minimum absolute atomic E-state index is 0.0831. The number of nitrogens with one attached hydrogen (secondary N) is 1. The maximum atomic E-state index is 10.6. The van der Waals surface area contributed by atoms with Crippen LogP contribution in [0.15, 0.2) is 48.7 Å². The van der Waals surface area contributed by atoms with E-state index in [1.807, 2.05) is 25.1 Å². The van der Waals surface area contributed by atoms with Gasteiger partial charge in [-0.1, -0.05) is 43.1 Å². The van der Waals surface area contributed by atoms with Gasteiger partial charge in [0.2, 0.25) is 0 Å². The number of carboxylic acids is 1. The molecule has 0 aliphatic carbocycles. The van der Waals surface area contributed by atoms with E-state index >= 15 is 0 Å². The molecule has 2 fully saturated rings. The molecule has 3 aromatic rings. The van der Waals surface area contributed by atoms with Gasteiger partial charge in [0.05, 0.1) is 34.7 Å². The van der Waals surface area contributed by atoms with Crippen LogP contribution in [0.25, 0.3) is 11.3 Å². The fraction of sp³-hybridized carbons (Fsp3) is 0.486. The van der Waals surface area contributed by atoms with E-state index in [1.165, 1.54) is 5.56 Å². The van der Waals surface area contributed by atoms with Crippen molar-refractivity contribution in [1.82, 2.24) is 20.2 Å². The number of para-hydroxylation sites is 1. The molecule has 1 spiro atoms. The average molecular weight is 701 g/mol. The molecule has 3 N–H and O–H groups in total. The summed E-state index contributed by atoms with van der Waals surface area (Å²) in [7, 11) is 0. The number of aromatic nitrogens is 2. The summed E-state index contributed by atoms with van der Waals surface area (Å²) in [6.45, 7) is 9.71. The number of nitriles is 1. The monoisotopic (exact) mass is 700 g/mol. The summed E-state index contributed by atoms with van der Waals surface area (Å²) in [6.07, 6.45) is -1.03. The summed E-state index contributed by atoms with van der Waals surface area (Å²) >= 11 is 6.17. The van der Waals surface area contributed by atoms with Crippen LogP contribution in [-0.2, 0) is 16.8 Å². The fourth-order valence-corrected chi connectivity index (χ4v) is 7.58. The van der Waals surface area contributed by atoms with Crippen molar-refractivity contribution in [1.29, 1.82) is 5.26 Å². The predicted octanol–water partition coefficient (Wildman–Crippen LogP) is 5.41. The molecule has 5 heterocycles. The number of benzene rings is 1. The molecule has 0 bridgehead atoms. The maximum Gasteiger partial charge on any atom is 0.490 e. The van der Waals surface area contributed by atoms with Crippen LogP contribution in [-0.4, -0.2) is 88.7 Å². The molecule has 10 nitrogen and oxygen atoms in total. The zero-order chi connectivity index (χ0) is 35.3. The lowest BCUT2D eigenvalue weighted by Gasteiger charge is -2.53. The van der Waals surface area contributed by atoms with Crippen molar-refractivity contribution < 1.29 is 32.9 Å². The molecule has 0 saturated carbocycles. The molecule has 14 heteroatoms. The number of rotatable bonds is 7. The van der Waals surface area contributed by atoms with E-state index in [0.717, 1.165) is 74.7 Å². The quantitative estimate of drug-likeness (QED) is 0.294. The molecule has 0 amide bonds. The molecular weight excluding hydrogens is 661 g/mol. The molecule has 3 aliphatic heterocycles. The van der Waals surface area contributed by atoms with Gasteiger partial charge in [0.25, 0.3) is 0 Å². The van der Waals surface area contributed by atoms with Gasteiger partial charge < -0.3 is 25.2 Å². The number of aliphatic carboxylic acids is 1. The van der Waals surface area contributed by atoms with Crippen LogP contribution in [0.3, 0.4) is 0 Å². The number of pyridine rings is 2. The van der Waals surface area contributed by atoms with Gasteiger partial charge in [-0.05, 0) is 55.5 Å². The lowest BCUT2D eigenvalue weighted by Crippen LogP contribution is -2.58. The minimum Gasteiger partial charge on any atom is -0.493 e. The molecule has 3 aliphatic rings. The van der Waals surface area contributed by atoms with Crippen LogP contribution in [0, 0.1) is 17.2 Å². The normalized spacial score (nSPS) is 23.7. The standard InChI is InChI=1S/C33H39ClN6O2.C2HF3O2/c1-3-23-18-40(32-22(15-35)13-24(34)16-37-32)12-11-33(23)21-39(19-25-14-26(41)17-36-25)20-30-28(33)9-10-29(38-30)27-7-5-6-8-31(27)42-4-2;3-2(4,5)1(6)7/h5-10,13,16,23,25-26,36,41H,3-4,11-12,14,17-21H2,1-2H3;(H,6,7)/t23-,25-,26+,33+;/m1./s1. The largest absolute Gasteiger partial charge is 0.493 e. The van der Waals surface area contributed by atoms with Crippen LogP contribution >= 0.6 is 11.6 Å². The summed E-state index contributed by atoms with van der Waals surface area (Å²) in [6, 6.07) is 16.9. The van der Waals surface area contributed by atoms with Crippen molar-refractivity contribution in [3.63, 3.8) is 0 Å². The molecule has 1 aromatic carbocycles. The number of aliphatic hydroxyl groups is 1. The first-order valence-corrected chi connectivity index (χ1v) is 16.7. The highest BCUT2D eigenvalue weighted by Crippen LogP contribution is 2.47. The Labute approximate surface area is 288 Å². The number of hydrogen-bond acceptors (Lipinski definition) is 9. The van der Waals surface area contributed by atoms with E-state index in [-0.39, 0.29) is 17.6 Å². The van der Waals surface area contributed by atoms with Crippen LogP contribution in [0.5, 0.6) is 5.75 Å². The Morgan fingerprint density at radius 1 is 1.24 bits per heavy atom. The minimum atomic E-state index is -5.08. The molecule has 0 radical (unpaired) electrons. The van der Waals surface area contributed by atoms with Crippen LogP contribution in [0.2, 0.25) is 5.02 Å². The highest BCUT2D eigenvalue weighted by atomic mass is 35.5. The Morgan fingerprint density at radius 2 is 2.00 bits per heavy atom. The smallest absolute Gasteiger partial charge is 0.490 e. The first kappa shape index (κ1) is 36.3. The molecule has 4 atom stereocenters. The number of β-amino-alcohol motifs (C(OH)–C–C–N with tert-alkyl or cyclic N) is 1. The second kappa shape index (κ2) is 15.3. The Hall–Kier alpha value is -3.96. The first-order chi connectivity index (χ1) is 23.4. The number of halogens is 4. The van der Waals surface area contributed by atoms with Gasteiger partial charge in [-0.25, -0.2) is 9.78 Å². The van der Waals surface area contributed by atoms with Crippen LogP contribution < -0.4 is 15.0 Å². The van der Waals surface area contributed by atoms with E-state index in [2.05, 4.69) is 51.3 Å². The van der Waals surface area contributed by atoms with Gasteiger partial charge in [0.1, 0.15) is 17.6 Å². The third kappa shape index (κ3) is 8.10. The van der Waals surface area contributed by atoms with Gasteiger partial charge >= 0.3 is 12.1 Å². The van der Waals surface area contributed by atoms with Crippen molar-refractivity contribution >= 4 is 23.4 Å². The number of aliphatic hydroxyl groups excluding tert-OH is 1. The topological polar surface area (TPSA) is 135 Å². The molecule has 2 saturated heterocycles. The second-order valence-electron chi connectivity index (χ2n) is 12.7. The van der Waals surface area contributed by atoms with E-state index in [9.17, 15) is 23.5 Å². The molecule has 0 unspecified atom stereocenters. The van der Waals surface area contributed by atoms with Gasteiger partial charge in [-0.3, -0.25) is 9.88 Å². The van der Waals surface area contributed by atoms with E-state index in [1.54, 1.807) is 12.3 Å². The number of piperidine rings is 1. The lowest BCUT2D eigenvalue weighted by atomic mass is 9.62. The van der Waals surface area contributed by atoms with Crippen molar-refractivity contribution in [3.05, 3.63) is 70.5 Å². The maximum absolute atomic E-state index is 10.6. The number of ether oxygens (including phenoxy) is 1. The fourth-order valence-electron chi connectivity index (χ4n) is 7.43.